The van der Waals surface area contributed by atoms with Gasteiger partial charge in [-0.2, -0.15) is 0 Å². The maximum Gasteiger partial charge on any atom is 0.257 e. The Hall–Kier alpha value is -2.25. The van der Waals surface area contributed by atoms with Crippen molar-refractivity contribution in [3.8, 4) is 0 Å². The van der Waals surface area contributed by atoms with Crippen LogP contribution in [-0.4, -0.2) is 25.4 Å². The molecular formula is C19H23N3O3S. The zero-order valence-electron chi connectivity index (χ0n) is 15.0. The number of anilines is 1. The number of rotatable bonds is 5. The van der Waals surface area contributed by atoms with Crippen LogP contribution in [0.3, 0.4) is 0 Å². The molecule has 1 heterocycles. The summed E-state index contributed by atoms with van der Waals surface area (Å²) < 4.78 is 27.6. The summed E-state index contributed by atoms with van der Waals surface area (Å²) in [5.74, 6) is -0.269. The largest absolute Gasteiger partial charge is 0.322 e. The molecule has 1 aromatic carbocycles. The lowest BCUT2D eigenvalue weighted by molar-refractivity contribution is 0.102. The fourth-order valence-electron chi connectivity index (χ4n) is 3.17. The van der Waals surface area contributed by atoms with Gasteiger partial charge in [0.25, 0.3) is 5.91 Å². The monoisotopic (exact) mass is 373 g/mol. The van der Waals surface area contributed by atoms with Crippen molar-refractivity contribution in [1.29, 1.82) is 0 Å². The number of nitrogens with one attached hydrogen (secondary N) is 2. The number of carbonyl (C=O) groups is 1. The van der Waals surface area contributed by atoms with Gasteiger partial charge in [-0.05, 0) is 63.1 Å². The summed E-state index contributed by atoms with van der Waals surface area (Å²) in [5.41, 5.74) is 2.54. The van der Waals surface area contributed by atoms with Crippen LogP contribution in [0, 0.1) is 13.8 Å². The van der Waals surface area contributed by atoms with Crippen LogP contribution in [0.4, 0.5) is 5.69 Å². The molecule has 7 heteroatoms. The van der Waals surface area contributed by atoms with Crippen LogP contribution in [0.2, 0.25) is 0 Å². The van der Waals surface area contributed by atoms with Crippen molar-refractivity contribution in [2.24, 2.45) is 0 Å². The normalized spacial score (nSPS) is 15.2. The van der Waals surface area contributed by atoms with Crippen molar-refractivity contribution in [2.75, 3.05) is 5.32 Å². The number of hydrogen-bond acceptors (Lipinski definition) is 4. The number of nitrogens with zero attached hydrogens (tertiary/aromatic N) is 1. The molecule has 1 fully saturated rings. The van der Waals surface area contributed by atoms with Crippen molar-refractivity contribution in [1.82, 2.24) is 9.71 Å². The van der Waals surface area contributed by atoms with Crippen LogP contribution < -0.4 is 10.0 Å². The molecule has 0 unspecified atom stereocenters. The minimum atomic E-state index is -3.53. The van der Waals surface area contributed by atoms with E-state index >= 15 is 0 Å². The first-order chi connectivity index (χ1) is 12.3. The predicted octanol–water partition coefficient (Wildman–Crippen LogP) is 3.17. The van der Waals surface area contributed by atoms with Gasteiger partial charge in [-0.1, -0.05) is 12.8 Å². The second-order valence-electron chi connectivity index (χ2n) is 6.67. The summed E-state index contributed by atoms with van der Waals surface area (Å²) in [6.45, 7) is 3.65. The number of pyridine rings is 1. The highest BCUT2D eigenvalue weighted by atomic mass is 32.2. The van der Waals surface area contributed by atoms with E-state index in [0.717, 1.165) is 31.4 Å². The van der Waals surface area contributed by atoms with Crippen molar-refractivity contribution in [3.63, 3.8) is 0 Å². The highest BCUT2D eigenvalue weighted by Gasteiger charge is 2.22. The Bertz CT molecular complexity index is 902. The smallest absolute Gasteiger partial charge is 0.257 e. The van der Waals surface area contributed by atoms with Gasteiger partial charge in [0.1, 0.15) is 0 Å². The molecule has 2 aromatic rings. The van der Waals surface area contributed by atoms with Gasteiger partial charge in [-0.25, -0.2) is 13.1 Å². The number of sulfonamides is 1. The van der Waals surface area contributed by atoms with Gasteiger partial charge in [-0.3, -0.25) is 9.78 Å². The molecule has 0 saturated heterocycles. The van der Waals surface area contributed by atoms with E-state index in [4.69, 9.17) is 0 Å². The Kier molecular flexibility index (Phi) is 5.38. The summed E-state index contributed by atoms with van der Waals surface area (Å²) >= 11 is 0. The summed E-state index contributed by atoms with van der Waals surface area (Å²) in [5, 5.41) is 2.78. The average Bonchev–Trinajstić information content (AvgIpc) is 3.07. The van der Waals surface area contributed by atoms with Crippen LogP contribution in [0.25, 0.3) is 0 Å². The molecule has 1 saturated carbocycles. The summed E-state index contributed by atoms with van der Waals surface area (Å²) in [4.78, 5) is 16.9. The third-order valence-electron chi connectivity index (χ3n) is 4.57. The number of benzene rings is 1. The SMILES string of the molecule is Cc1ccc(C(=O)Nc2ccc(S(=O)(=O)NC3CCCC3)cc2)c(C)n1. The van der Waals surface area contributed by atoms with E-state index in [0.29, 0.717) is 16.9 Å². The summed E-state index contributed by atoms with van der Waals surface area (Å²) in [6, 6.07) is 9.75. The maximum absolute atomic E-state index is 12.4. The minimum Gasteiger partial charge on any atom is -0.322 e. The molecule has 1 aliphatic carbocycles. The lowest BCUT2D eigenvalue weighted by Crippen LogP contribution is -2.32. The lowest BCUT2D eigenvalue weighted by Gasteiger charge is -2.13. The average molecular weight is 373 g/mol. The highest BCUT2D eigenvalue weighted by Crippen LogP contribution is 2.21. The Morgan fingerprint density at radius 1 is 1.04 bits per heavy atom. The molecule has 0 bridgehead atoms. The number of hydrogen-bond donors (Lipinski definition) is 2. The number of amides is 1. The highest BCUT2D eigenvalue weighted by molar-refractivity contribution is 7.89. The van der Waals surface area contributed by atoms with E-state index in [2.05, 4.69) is 15.0 Å². The Morgan fingerprint density at radius 3 is 2.31 bits per heavy atom. The van der Waals surface area contributed by atoms with Crippen LogP contribution >= 0.6 is 0 Å². The topological polar surface area (TPSA) is 88.2 Å². The van der Waals surface area contributed by atoms with Gasteiger partial charge in [0.05, 0.1) is 16.2 Å². The van der Waals surface area contributed by atoms with Crippen LogP contribution in [0.5, 0.6) is 0 Å². The maximum atomic E-state index is 12.4. The molecule has 0 spiro atoms. The molecule has 3 rings (SSSR count). The zero-order chi connectivity index (χ0) is 18.7. The molecule has 1 amide bonds. The quantitative estimate of drug-likeness (QED) is 0.842. The molecular weight excluding hydrogens is 350 g/mol. The fourth-order valence-corrected chi connectivity index (χ4v) is 4.48. The number of aryl methyl sites for hydroxylation is 2. The minimum absolute atomic E-state index is 0.0244. The van der Waals surface area contributed by atoms with Crippen molar-refractivity contribution < 1.29 is 13.2 Å². The van der Waals surface area contributed by atoms with Crippen LogP contribution in [-0.2, 0) is 10.0 Å². The van der Waals surface area contributed by atoms with Crippen molar-refractivity contribution >= 4 is 21.6 Å². The first kappa shape index (κ1) is 18.5. The molecule has 0 radical (unpaired) electrons. The van der Waals surface area contributed by atoms with Crippen molar-refractivity contribution in [3.05, 3.63) is 53.3 Å². The van der Waals surface area contributed by atoms with Gasteiger partial charge in [0.2, 0.25) is 10.0 Å². The second kappa shape index (κ2) is 7.55. The second-order valence-corrected chi connectivity index (χ2v) is 8.38. The number of aromatic nitrogens is 1. The third-order valence-corrected chi connectivity index (χ3v) is 6.11. The molecule has 6 nitrogen and oxygen atoms in total. The van der Waals surface area contributed by atoms with E-state index in [-0.39, 0.29) is 16.8 Å². The van der Waals surface area contributed by atoms with E-state index < -0.39 is 10.0 Å². The molecule has 1 aliphatic rings. The Labute approximate surface area is 154 Å². The number of carbonyl (C=O) groups excluding carboxylic acids is 1. The Balaban J connectivity index is 1.70. The fraction of sp³-hybridized carbons (Fsp3) is 0.368. The molecule has 26 heavy (non-hydrogen) atoms. The van der Waals surface area contributed by atoms with E-state index in [1.54, 1.807) is 31.2 Å². The standard InChI is InChI=1S/C19H23N3O3S/c1-13-7-12-18(14(2)20-13)19(23)21-15-8-10-17(11-9-15)26(24,25)22-16-5-3-4-6-16/h7-12,16,22H,3-6H2,1-2H3,(H,21,23). The Morgan fingerprint density at radius 2 is 1.69 bits per heavy atom. The molecule has 0 aliphatic heterocycles. The predicted molar refractivity (Wildman–Crippen MR) is 101 cm³/mol. The first-order valence-electron chi connectivity index (χ1n) is 8.73. The van der Waals surface area contributed by atoms with Gasteiger partial charge in [0, 0.05) is 17.4 Å². The van der Waals surface area contributed by atoms with Crippen LogP contribution in [0.15, 0.2) is 41.3 Å². The van der Waals surface area contributed by atoms with Crippen LogP contribution in [0.1, 0.15) is 47.4 Å². The summed E-state index contributed by atoms with van der Waals surface area (Å²) in [6.07, 6.45) is 3.89. The molecule has 2 N–H and O–H groups in total. The van der Waals surface area contributed by atoms with E-state index in [1.807, 2.05) is 6.92 Å². The summed E-state index contributed by atoms with van der Waals surface area (Å²) in [7, 11) is -3.53. The van der Waals surface area contributed by atoms with Gasteiger partial charge < -0.3 is 5.32 Å². The van der Waals surface area contributed by atoms with Gasteiger partial charge >= 0.3 is 0 Å². The van der Waals surface area contributed by atoms with Gasteiger partial charge in [-0.15, -0.1) is 0 Å². The lowest BCUT2D eigenvalue weighted by atomic mass is 10.1. The van der Waals surface area contributed by atoms with Crippen molar-refractivity contribution in [2.45, 2.75) is 50.5 Å². The van der Waals surface area contributed by atoms with E-state index in [9.17, 15) is 13.2 Å². The molecule has 0 atom stereocenters. The first-order valence-corrected chi connectivity index (χ1v) is 10.2. The zero-order valence-corrected chi connectivity index (χ0v) is 15.8. The van der Waals surface area contributed by atoms with Gasteiger partial charge in [0.15, 0.2) is 0 Å². The van der Waals surface area contributed by atoms with E-state index in [1.165, 1.54) is 12.1 Å². The third kappa shape index (κ3) is 4.28. The molecule has 138 valence electrons. The molecule has 1 aromatic heterocycles.